The third-order valence-corrected chi connectivity index (χ3v) is 3.23. The molecule has 4 N–H and O–H groups in total. The molecule has 0 spiro atoms. The number of carbonyl (C=O) groups is 2. The number of benzene rings is 1. The van der Waals surface area contributed by atoms with Crippen LogP contribution in [0.25, 0.3) is 0 Å². The zero-order chi connectivity index (χ0) is 17.1. The van der Waals surface area contributed by atoms with Gasteiger partial charge >= 0.3 is 29.6 Å². The summed E-state index contributed by atoms with van der Waals surface area (Å²) < 4.78 is 10.2. The van der Waals surface area contributed by atoms with Gasteiger partial charge in [0.25, 0.3) is 0 Å². The molecule has 2 rings (SSSR count). The smallest absolute Gasteiger partial charge is 0.547 e. The molecule has 1 fully saturated rings. The van der Waals surface area contributed by atoms with Crippen molar-refractivity contribution in [1.29, 1.82) is 0 Å². The minimum absolute atomic E-state index is 0. The molecule has 1 amide bonds. The Hall–Kier alpha value is -1.20. The topological polar surface area (TPSA) is 148 Å². The van der Waals surface area contributed by atoms with Gasteiger partial charge in [-0.05, 0) is 24.3 Å². The Bertz CT molecular complexity index is 581. The van der Waals surface area contributed by atoms with Crippen molar-refractivity contribution in [3.8, 4) is 5.75 Å². The predicted molar refractivity (Wildman–Crippen MR) is 73.1 cm³/mol. The van der Waals surface area contributed by atoms with Crippen molar-refractivity contribution < 1.29 is 69.0 Å². The van der Waals surface area contributed by atoms with Gasteiger partial charge in [0.2, 0.25) is 12.2 Å². The predicted octanol–water partition coefficient (Wildman–Crippen LogP) is -5.41. The van der Waals surface area contributed by atoms with Crippen LogP contribution in [0.1, 0.15) is 6.92 Å². The van der Waals surface area contributed by atoms with Crippen LogP contribution in [0.2, 0.25) is 0 Å². The maximum absolute atomic E-state index is 10.9. The standard InChI is InChI=1S/C14H17NO8.Na/c1-6(16)15-7-2-4-8(5-3-7)22-14-11(19)9(17)10(18)12(23-14)13(20)21;/h2-5,9-12,14,17-19H,1H3,(H,15,16)(H,20,21);/q;+1/p-1/t9-,10-,11+,12-,14?;/m0./s1. The number of rotatable bonds is 4. The molecule has 5 atom stereocenters. The molecule has 9 nitrogen and oxygen atoms in total. The van der Waals surface area contributed by atoms with Crippen LogP contribution in [0.5, 0.6) is 5.75 Å². The number of aliphatic hydroxyl groups excluding tert-OH is 3. The first-order valence-corrected chi connectivity index (χ1v) is 6.74. The molecule has 0 aromatic heterocycles. The van der Waals surface area contributed by atoms with E-state index < -0.39 is 36.7 Å². The van der Waals surface area contributed by atoms with E-state index in [2.05, 4.69) is 5.32 Å². The van der Waals surface area contributed by atoms with Gasteiger partial charge in [-0.2, -0.15) is 0 Å². The summed E-state index contributed by atoms with van der Waals surface area (Å²) in [7, 11) is 0. The molecule has 1 unspecified atom stereocenters. The first kappa shape index (κ1) is 20.8. The van der Waals surface area contributed by atoms with Gasteiger partial charge < -0.3 is 40.0 Å². The molecule has 24 heavy (non-hydrogen) atoms. The summed E-state index contributed by atoms with van der Waals surface area (Å²) in [6.07, 6.45) is -8.61. The first-order valence-electron chi connectivity index (χ1n) is 6.74. The number of aliphatic hydroxyl groups is 3. The van der Waals surface area contributed by atoms with Crippen molar-refractivity contribution in [2.75, 3.05) is 5.32 Å². The van der Waals surface area contributed by atoms with E-state index in [9.17, 15) is 30.0 Å². The number of hydrogen-bond donors (Lipinski definition) is 4. The molecule has 0 bridgehead atoms. The van der Waals surface area contributed by atoms with Crippen molar-refractivity contribution >= 4 is 17.6 Å². The van der Waals surface area contributed by atoms with Gasteiger partial charge in [-0.1, -0.05) is 0 Å². The number of carboxylic acids is 1. The van der Waals surface area contributed by atoms with Crippen LogP contribution >= 0.6 is 0 Å². The Morgan fingerprint density at radius 3 is 2.21 bits per heavy atom. The van der Waals surface area contributed by atoms with E-state index in [0.717, 1.165) is 0 Å². The minimum atomic E-state index is -1.84. The van der Waals surface area contributed by atoms with Crippen LogP contribution in [-0.2, 0) is 14.3 Å². The van der Waals surface area contributed by atoms with Gasteiger partial charge in [-0.3, -0.25) is 4.79 Å². The number of carbonyl (C=O) groups excluding carboxylic acids is 2. The summed E-state index contributed by atoms with van der Waals surface area (Å²) in [6, 6.07) is 5.94. The van der Waals surface area contributed by atoms with Crippen LogP contribution in [0, 0.1) is 0 Å². The van der Waals surface area contributed by atoms with E-state index in [1.165, 1.54) is 31.2 Å². The number of anilines is 1. The summed E-state index contributed by atoms with van der Waals surface area (Å²) in [6.45, 7) is 1.35. The molecule has 1 saturated heterocycles. The monoisotopic (exact) mass is 349 g/mol. The molecule has 1 aliphatic rings. The molecule has 1 aromatic rings. The van der Waals surface area contributed by atoms with Crippen LogP contribution in [0.15, 0.2) is 24.3 Å². The van der Waals surface area contributed by atoms with E-state index in [4.69, 9.17) is 9.47 Å². The van der Waals surface area contributed by atoms with Crippen molar-refractivity contribution in [1.82, 2.24) is 0 Å². The zero-order valence-corrected chi connectivity index (χ0v) is 15.1. The van der Waals surface area contributed by atoms with Crippen LogP contribution in [-0.4, -0.2) is 57.9 Å². The number of hydrogen-bond acceptors (Lipinski definition) is 8. The molecule has 0 radical (unpaired) electrons. The van der Waals surface area contributed by atoms with Gasteiger partial charge in [-0.15, -0.1) is 0 Å². The normalized spacial score (nSPS) is 29.2. The Kier molecular flexibility index (Phi) is 7.61. The molecular formula is C14H16NNaO8. The van der Waals surface area contributed by atoms with Crippen LogP contribution < -0.4 is 44.7 Å². The third-order valence-electron chi connectivity index (χ3n) is 3.23. The van der Waals surface area contributed by atoms with Crippen molar-refractivity contribution in [3.05, 3.63) is 24.3 Å². The van der Waals surface area contributed by atoms with Crippen molar-refractivity contribution in [3.63, 3.8) is 0 Å². The second kappa shape index (κ2) is 8.77. The average molecular weight is 349 g/mol. The summed E-state index contributed by atoms with van der Waals surface area (Å²) in [5.41, 5.74) is 0.512. The average Bonchev–Trinajstić information content (AvgIpc) is 2.48. The molecule has 0 saturated carbocycles. The number of ether oxygens (including phenoxy) is 2. The SMILES string of the molecule is CC(=O)Nc1ccc(OC2O[C@H](C(=O)[O-])[C@@H](O)[C@H](O)[C@H]2O)cc1.[Na+]. The largest absolute Gasteiger partial charge is 1.00 e. The van der Waals surface area contributed by atoms with E-state index in [-0.39, 0.29) is 41.2 Å². The van der Waals surface area contributed by atoms with Crippen LogP contribution in [0.3, 0.4) is 0 Å². The molecule has 126 valence electrons. The Labute approximate surface area is 159 Å². The number of carboxylic acid groups (broad SMARTS) is 1. The maximum atomic E-state index is 10.9. The van der Waals surface area contributed by atoms with Crippen molar-refractivity contribution in [2.24, 2.45) is 0 Å². The molecule has 1 aromatic carbocycles. The Morgan fingerprint density at radius 1 is 1.12 bits per heavy atom. The van der Waals surface area contributed by atoms with Crippen molar-refractivity contribution in [2.45, 2.75) is 37.6 Å². The first-order chi connectivity index (χ1) is 10.8. The maximum Gasteiger partial charge on any atom is 1.00 e. The molecule has 1 aliphatic heterocycles. The second-order valence-electron chi connectivity index (χ2n) is 5.04. The van der Waals surface area contributed by atoms with Gasteiger partial charge in [0.15, 0.2) is 0 Å². The van der Waals surface area contributed by atoms with Gasteiger partial charge in [0, 0.05) is 12.6 Å². The molecular weight excluding hydrogens is 333 g/mol. The summed E-state index contributed by atoms with van der Waals surface area (Å²) >= 11 is 0. The van der Waals surface area contributed by atoms with Gasteiger partial charge in [0.05, 0.1) is 5.97 Å². The van der Waals surface area contributed by atoms with Crippen LogP contribution in [0.4, 0.5) is 5.69 Å². The van der Waals surface area contributed by atoms with E-state index in [0.29, 0.717) is 5.69 Å². The summed E-state index contributed by atoms with van der Waals surface area (Å²) in [4.78, 5) is 21.8. The molecule has 0 aliphatic carbocycles. The minimum Gasteiger partial charge on any atom is -0.547 e. The summed E-state index contributed by atoms with van der Waals surface area (Å²) in [5, 5.41) is 42.4. The van der Waals surface area contributed by atoms with Gasteiger partial charge in [-0.25, -0.2) is 0 Å². The van der Waals surface area contributed by atoms with E-state index in [1.807, 2.05) is 0 Å². The number of amides is 1. The fraction of sp³-hybridized carbons (Fsp3) is 0.429. The zero-order valence-electron chi connectivity index (χ0n) is 13.1. The van der Waals surface area contributed by atoms with Gasteiger partial charge in [0.1, 0.15) is 30.2 Å². The Morgan fingerprint density at radius 2 is 1.71 bits per heavy atom. The number of nitrogens with one attached hydrogen (secondary N) is 1. The third kappa shape index (κ3) is 4.90. The molecule has 1 heterocycles. The fourth-order valence-electron chi connectivity index (χ4n) is 2.09. The summed E-state index contributed by atoms with van der Waals surface area (Å²) in [5.74, 6) is -1.79. The molecule has 10 heteroatoms. The Balaban J connectivity index is 0.00000288. The fourth-order valence-corrected chi connectivity index (χ4v) is 2.09. The van der Waals surface area contributed by atoms with E-state index >= 15 is 0 Å². The quantitative estimate of drug-likeness (QED) is 0.394. The van der Waals surface area contributed by atoms with E-state index in [1.54, 1.807) is 0 Å². The second-order valence-corrected chi connectivity index (χ2v) is 5.04. The number of aliphatic carboxylic acids is 1.